The first-order valence-corrected chi connectivity index (χ1v) is 20.0. The molecule has 10 aromatic rings. The summed E-state index contributed by atoms with van der Waals surface area (Å²) in [5.41, 5.74) is 18.3. The Bertz CT molecular complexity index is 2840. The minimum absolute atomic E-state index is 0.860. The zero-order valence-corrected chi connectivity index (χ0v) is 32.4. The molecule has 10 rings (SSSR count). The first-order valence-electron chi connectivity index (χ1n) is 20.0. The number of hydrogen-bond donors (Lipinski definition) is 0. The fourth-order valence-electron chi connectivity index (χ4n) is 7.79. The first-order chi connectivity index (χ1) is 29.2. The fourth-order valence-corrected chi connectivity index (χ4v) is 7.79. The van der Waals surface area contributed by atoms with Crippen LogP contribution in [0.15, 0.2) is 237 Å². The molecule has 278 valence electrons. The van der Waals surface area contributed by atoms with Crippen LogP contribution in [0.2, 0.25) is 0 Å². The number of anilines is 3. The van der Waals surface area contributed by atoms with Crippen LogP contribution in [-0.4, -0.2) is 9.97 Å². The van der Waals surface area contributed by atoms with Gasteiger partial charge >= 0.3 is 0 Å². The van der Waals surface area contributed by atoms with Crippen molar-refractivity contribution >= 4 is 28.1 Å². The van der Waals surface area contributed by atoms with Gasteiger partial charge in [-0.25, -0.2) is 9.97 Å². The highest BCUT2D eigenvalue weighted by Crippen LogP contribution is 2.39. The van der Waals surface area contributed by atoms with E-state index in [2.05, 4.69) is 199 Å². The van der Waals surface area contributed by atoms with Gasteiger partial charge in [-0.1, -0.05) is 188 Å². The van der Waals surface area contributed by atoms with E-state index < -0.39 is 0 Å². The third kappa shape index (κ3) is 7.41. The molecule has 0 aliphatic rings. The maximum Gasteiger partial charge on any atom is 0.0973 e. The van der Waals surface area contributed by atoms with E-state index in [-0.39, 0.29) is 0 Å². The zero-order valence-electron chi connectivity index (χ0n) is 32.4. The number of fused-ring (bicyclic) bond motifs is 1. The Kier molecular flexibility index (Phi) is 9.59. The van der Waals surface area contributed by atoms with E-state index in [0.29, 0.717) is 0 Å². The molecule has 3 nitrogen and oxygen atoms in total. The van der Waals surface area contributed by atoms with E-state index in [4.69, 9.17) is 9.97 Å². The topological polar surface area (TPSA) is 29.0 Å². The SMILES string of the molecule is c1ccc(-c2ccc(-c3ccc(N(c4ccc(-c5ccc(-c6ccccc6)cc5)cc4)c4ccc(-c5nc6ccccc6nc5-c5ccccc5)cc4)cc3)cc2)cc1. The largest absolute Gasteiger partial charge is 0.311 e. The predicted octanol–water partition coefficient (Wildman–Crippen LogP) is 15.1. The molecule has 3 heteroatoms. The van der Waals surface area contributed by atoms with Gasteiger partial charge in [0.05, 0.1) is 22.4 Å². The van der Waals surface area contributed by atoms with Crippen molar-refractivity contribution in [2.75, 3.05) is 4.90 Å². The van der Waals surface area contributed by atoms with Crippen LogP contribution in [0.1, 0.15) is 0 Å². The minimum Gasteiger partial charge on any atom is -0.311 e. The van der Waals surface area contributed by atoms with Gasteiger partial charge < -0.3 is 4.90 Å². The maximum absolute atomic E-state index is 5.16. The molecule has 0 bridgehead atoms. The molecular weight excluding hydrogens is 715 g/mol. The molecule has 1 aromatic heterocycles. The summed E-state index contributed by atoms with van der Waals surface area (Å²) in [5.74, 6) is 0. The monoisotopic (exact) mass is 753 g/mol. The van der Waals surface area contributed by atoms with Crippen molar-refractivity contribution in [2.45, 2.75) is 0 Å². The lowest BCUT2D eigenvalue weighted by Crippen LogP contribution is -2.10. The molecule has 0 aliphatic heterocycles. The fraction of sp³-hybridized carbons (Fsp3) is 0. The summed E-state index contributed by atoms with van der Waals surface area (Å²) >= 11 is 0. The highest BCUT2D eigenvalue weighted by atomic mass is 15.1. The normalized spacial score (nSPS) is 11.1. The van der Waals surface area contributed by atoms with Crippen LogP contribution in [-0.2, 0) is 0 Å². The van der Waals surface area contributed by atoms with Crippen molar-refractivity contribution in [1.29, 1.82) is 0 Å². The summed E-state index contributed by atoms with van der Waals surface area (Å²) in [5, 5.41) is 0. The third-order valence-corrected chi connectivity index (χ3v) is 10.9. The van der Waals surface area contributed by atoms with E-state index in [1.54, 1.807) is 0 Å². The Hall–Kier alpha value is -7.88. The second-order valence-electron chi connectivity index (χ2n) is 14.6. The van der Waals surface area contributed by atoms with Gasteiger partial charge in [-0.05, 0) is 93.0 Å². The van der Waals surface area contributed by atoms with Gasteiger partial charge in [-0.3, -0.25) is 0 Å². The van der Waals surface area contributed by atoms with Crippen molar-refractivity contribution in [2.24, 2.45) is 0 Å². The predicted molar refractivity (Wildman–Crippen MR) is 247 cm³/mol. The second-order valence-corrected chi connectivity index (χ2v) is 14.6. The second kappa shape index (κ2) is 15.9. The molecule has 0 unspecified atom stereocenters. The number of para-hydroxylation sites is 2. The highest BCUT2D eigenvalue weighted by molar-refractivity contribution is 5.88. The Labute approximate surface area is 345 Å². The zero-order chi connectivity index (χ0) is 39.4. The Morgan fingerprint density at radius 2 is 0.424 bits per heavy atom. The summed E-state index contributed by atoms with van der Waals surface area (Å²) in [6, 6.07) is 83.5. The van der Waals surface area contributed by atoms with Gasteiger partial charge in [-0.2, -0.15) is 0 Å². The van der Waals surface area contributed by atoms with Gasteiger partial charge in [0.25, 0.3) is 0 Å². The molecular formula is C56H39N3. The standard InChI is InChI=1S/C56H39N3/c1-4-12-40(13-5-1)42-20-24-44(25-21-42)46-28-34-50(35-29-46)59(51-36-30-47(31-37-51)45-26-22-43(23-27-45)41-14-6-2-7-15-41)52-38-32-49(33-39-52)56-55(48-16-8-3-9-17-48)57-53-18-10-11-19-54(53)58-56/h1-39H. The van der Waals surface area contributed by atoms with Gasteiger partial charge in [0.2, 0.25) is 0 Å². The first kappa shape index (κ1) is 35.5. The van der Waals surface area contributed by atoms with E-state index >= 15 is 0 Å². The van der Waals surface area contributed by atoms with Gasteiger partial charge in [0, 0.05) is 28.2 Å². The summed E-state index contributed by atoms with van der Waals surface area (Å²) in [6.45, 7) is 0. The van der Waals surface area contributed by atoms with Crippen LogP contribution >= 0.6 is 0 Å². The molecule has 0 aliphatic carbocycles. The van der Waals surface area contributed by atoms with Gasteiger partial charge in [-0.15, -0.1) is 0 Å². The van der Waals surface area contributed by atoms with Crippen LogP contribution in [0.4, 0.5) is 17.1 Å². The lowest BCUT2D eigenvalue weighted by atomic mass is 9.99. The number of benzene rings is 9. The summed E-state index contributed by atoms with van der Waals surface area (Å²) in [4.78, 5) is 12.6. The molecule has 0 amide bonds. The minimum atomic E-state index is 0.860. The lowest BCUT2D eigenvalue weighted by Gasteiger charge is -2.26. The Balaban J connectivity index is 1.00. The van der Waals surface area contributed by atoms with E-state index in [0.717, 1.165) is 50.6 Å². The van der Waals surface area contributed by atoms with Gasteiger partial charge in [0.15, 0.2) is 0 Å². The van der Waals surface area contributed by atoms with Crippen LogP contribution in [0, 0.1) is 0 Å². The maximum atomic E-state index is 5.16. The molecule has 0 atom stereocenters. The van der Waals surface area contributed by atoms with Crippen LogP contribution in [0.25, 0.3) is 78.1 Å². The molecule has 0 fully saturated rings. The lowest BCUT2D eigenvalue weighted by molar-refractivity contribution is 1.27. The van der Waals surface area contributed by atoms with Crippen molar-refractivity contribution in [3.63, 3.8) is 0 Å². The summed E-state index contributed by atoms with van der Waals surface area (Å²) in [7, 11) is 0. The van der Waals surface area contributed by atoms with E-state index in [9.17, 15) is 0 Å². The van der Waals surface area contributed by atoms with Crippen molar-refractivity contribution in [3.05, 3.63) is 237 Å². The smallest absolute Gasteiger partial charge is 0.0973 e. The molecule has 59 heavy (non-hydrogen) atoms. The highest BCUT2D eigenvalue weighted by Gasteiger charge is 2.17. The molecule has 0 radical (unpaired) electrons. The third-order valence-electron chi connectivity index (χ3n) is 10.9. The van der Waals surface area contributed by atoms with Crippen LogP contribution < -0.4 is 4.90 Å². The van der Waals surface area contributed by atoms with Crippen LogP contribution in [0.5, 0.6) is 0 Å². The molecule has 0 spiro atoms. The molecule has 0 saturated heterocycles. The van der Waals surface area contributed by atoms with Crippen molar-refractivity contribution < 1.29 is 0 Å². The number of nitrogens with zero attached hydrogens (tertiary/aromatic N) is 3. The molecule has 0 N–H and O–H groups in total. The summed E-state index contributed by atoms with van der Waals surface area (Å²) in [6.07, 6.45) is 0. The molecule has 9 aromatic carbocycles. The molecule has 1 heterocycles. The summed E-state index contributed by atoms with van der Waals surface area (Å²) < 4.78 is 0. The van der Waals surface area contributed by atoms with E-state index in [1.165, 1.54) is 44.5 Å². The molecule has 0 saturated carbocycles. The van der Waals surface area contributed by atoms with Crippen molar-refractivity contribution in [1.82, 2.24) is 9.97 Å². The average Bonchev–Trinajstić information content (AvgIpc) is 3.33. The van der Waals surface area contributed by atoms with Crippen LogP contribution in [0.3, 0.4) is 0 Å². The average molecular weight is 754 g/mol. The van der Waals surface area contributed by atoms with E-state index in [1.807, 2.05) is 42.5 Å². The number of rotatable bonds is 9. The Morgan fingerprint density at radius 3 is 0.746 bits per heavy atom. The van der Waals surface area contributed by atoms with Gasteiger partial charge in [0.1, 0.15) is 0 Å². The quantitative estimate of drug-likeness (QED) is 0.147. The van der Waals surface area contributed by atoms with Crippen molar-refractivity contribution in [3.8, 4) is 67.0 Å². The number of hydrogen-bond acceptors (Lipinski definition) is 3. The number of aromatic nitrogens is 2. The Morgan fingerprint density at radius 1 is 0.203 bits per heavy atom.